The van der Waals surface area contributed by atoms with Gasteiger partial charge in [0, 0.05) is 17.1 Å². The molecule has 122 valence electrons. The molecule has 1 amide bonds. The zero-order valence-corrected chi connectivity index (χ0v) is 15.0. The number of para-hydroxylation sites is 1. The summed E-state index contributed by atoms with van der Waals surface area (Å²) in [5.41, 5.74) is 1.27. The molecule has 2 rings (SSSR count). The minimum atomic E-state index is -0.165. The Bertz CT molecular complexity index is 675. The molecule has 1 heterocycles. The highest BCUT2D eigenvalue weighted by Crippen LogP contribution is 2.24. The van der Waals surface area contributed by atoms with Crippen LogP contribution in [-0.4, -0.2) is 22.4 Å². The highest BCUT2D eigenvalue weighted by atomic mass is 79.9. The Labute approximate surface area is 145 Å². The summed E-state index contributed by atoms with van der Waals surface area (Å²) >= 11 is 3.48. The second kappa shape index (κ2) is 8.62. The van der Waals surface area contributed by atoms with Crippen molar-refractivity contribution in [3.05, 3.63) is 46.3 Å². The van der Waals surface area contributed by atoms with Gasteiger partial charge >= 0.3 is 0 Å². The molecule has 0 aliphatic rings. The maximum Gasteiger partial charge on any atom is 0.270 e. The van der Waals surface area contributed by atoms with E-state index in [1.54, 1.807) is 13.0 Å². The molecule has 23 heavy (non-hydrogen) atoms. The van der Waals surface area contributed by atoms with E-state index in [2.05, 4.69) is 43.5 Å². The van der Waals surface area contributed by atoms with Crippen LogP contribution >= 0.6 is 15.9 Å². The van der Waals surface area contributed by atoms with Gasteiger partial charge in [-0.25, -0.2) is 9.97 Å². The summed E-state index contributed by atoms with van der Waals surface area (Å²) in [5.74, 6) is 0.991. The Morgan fingerprint density at radius 2 is 2.00 bits per heavy atom. The molecule has 0 spiro atoms. The van der Waals surface area contributed by atoms with Gasteiger partial charge in [-0.15, -0.1) is 0 Å². The van der Waals surface area contributed by atoms with Gasteiger partial charge in [-0.05, 0) is 41.4 Å². The molecular formula is C17H21BrN4O. The third-order valence-electron chi connectivity index (χ3n) is 3.27. The van der Waals surface area contributed by atoms with Crippen LogP contribution in [0.5, 0.6) is 0 Å². The summed E-state index contributed by atoms with van der Waals surface area (Å²) in [5, 5.41) is 6.10. The van der Waals surface area contributed by atoms with E-state index in [9.17, 15) is 4.79 Å². The molecule has 6 heteroatoms. The van der Waals surface area contributed by atoms with Gasteiger partial charge in [0.05, 0.1) is 5.69 Å². The lowest BCUT2D eigenvalue weighted by molar-refractivity contribution is 0.0947. The van der Waals surface area contributed by atoms with Gasteiger partial charge in [0.15, 0.2) is 0 Å². The monoisotopic (exact) mass is 376 g/mol. The van der Waals surface area contributed by atoms with Crippen LogP contribution in [0.4, 0.5) is 11.5 Å². The first-order valence-corrected chi connectivity index (χ1v) is 8.55. The lowest BCUT2D eigenvalue weighted by Gasteiger charge is -2.10. The highest BCUT2D eigenvalue weighted by Gasteiger charge is 2.10. The number of carbonyl (C=O) groups is 1. The Morgan fingerprint density at radius 3 is 2.74 bits per heavy atom. The predicted octanol–water partition coefficient (Wildman–Crippen LogP) is 4.21. The van der Waals surface area contributed by atoms with Gasteiger partial charge in [0.1, 0.15) is 17.3 Å². The van der Waals surface area contributed by atoms with Crippen molar-refractivity contribution in [1.82, 2.24) is 15.3 Å². The summed E-state index contributed by atoms with van der Waals surface area (Å²) in [4.78, 5) is 20.8. The molecule has 2 aromatic rings. The molecule has 0 saturated carbocycles. The van der Waals surface area contributed by atoms with Gasteiger partial charge < -0.3 is 10.6 Å². The first kappa shape index (κ1) is 17.4. The zero-order valence-electron chi connectivity index (χ0n) is 13.4. The number of amides is 1. The summed E-state index contributed by atoms with van der Waals surface area (Å²) in [6.45, 7) is 4.58. The molecule has 0 fully saturated rings. The average Bonchev–Trinajstić information content (AvgIpc) is 2.53. The van der Waals surface area contributed by atoms with Gasteiger partial charge in [0.2, 0.25) is 0 Å². The SMILES string of the molecule is CCCCCNC(=O)c1cc(Nc2ccccc2Br)nc(C)n1. The van der Waals surface area contributed by atoms with Gasteiger partial charge in [0.25, 0.3) is 5.91 Å². The summed E-state index contributed by atoms with van der Waals surface area (Å²) < 4.78 is 0.932. The molecule has 0 saturated heterocycles. The second-order valence-corrected chi connectivity index (χ2v) is 6.11. The van der Waals surface area contributed by atoms with Crippen molar-refractivity contribution in [3.8, 4) is 0 Å². The second-order valence-electron chi connectivity index (χ2n) is 5.25. The fourth-order valence-corrected chi connectivity index (χ4v) is 2.50. The molecular weight excluding hydrogens is 356 g/mol. The van der Waals surface area contributed by atoms with Crippen molar-refractivity contribution in [2.24, 2.45) is 0 Å². The van der Waals surface area contributed by atoms with Crippen LogP contribution in [-0.2, 0) is 0 Å². The molecule has 0 aliphatic carbocycles. The maximum atomic E-state index is 12.2. The lowest BCUT2D eigenvalue weighted by Crippen LogP contribution is -2.25. The van der Waals surface area contributed by atoms with Crippen LogP contribution in [0.1, 0.15) is 42.5 Å². The van der Waals surface area contributed by atoms with Crippen LogP contribution < -0.4 is 10.6 Å². The molecule has 0 unspecified atom stereocenters. The molecule has 0 atom stereocenters. The van der Waals surface area contributed by atoms with Gasteiger partial charge in [-0.3, -0.25) is 4.79 Å². The number of aromatic nitrogens is 2. The van der Waals surface area contributed by atoms with Crippen molar-refractivity contribution in [2.45, 2.75) is 33.1 Å². The van der Waals surface area contributed by atoms with E-state index in [0.29, 0.717) is 23.9 Å². The number of hydrogen-bond donors (Lipinski definition) is 2. The molecule has 2 N–H and O–H groups in total. The third kappa shape index (κ3) is 5.32. The number of hydrogen-bond acceptors (Lipinski definition) is 4. The van der Waals surface area contributed by atoms with Crippen LogP contribution in [0, 0.1) is 6.92 Å². The van der Waals surface area contributed by atoms with Gasteiger partial charge in [-0.2, -0.15) is 0 Å². The minimum absolute atomic E-state index is 0.165. The summed E-state index contributed by atoms with van der Waals surface area (Å²) in [7, 11) is 0. The Hall–Kier alpha value is -1.95. The molecule has 5 nitrogen and oxygen atoms in total. The van der Waals surface area contributed by atoms with E-state index in [4.69, 9.17) is 0 Å². The number of aryl methyl sites for hydroxylation is 1. The van der Waals surface area contributed by atoms with Gasteiger partial charge in [-0.1, -0.05) is 31.9 Å². The number of rotatable bonds is 7. The Balaban J connectivity index is 2.09. The fraction of sp³-hybridized carbons (Fsp3) is 0.353. The smallest absolute Gasteiger partial charge is 0.270 e. The third-order valence-corrected chi connectivity index (χ3v) is 3.96. The molecule has 0 radical (unpaired) electrons. The number of nitrogens with zero attached hydrogens (tertiary/aromatic N) is 2. The van der Waals surface area contributed by atoms with Crippen LogP contribution in [0.3, 0.4) is 0 Å². The van der Waals surface area contributed by atoms with E-state index in [1.165, 1.54) is 0 Å². The standard InChI is InChI=1S/C17H21BrN4O/c1-3-4-7-10-19-17(23)15-11-16(21-12(2)20-15)22-14-9-6-5-8-13(14)18/h5-6,8-9,11H,3-4,7,10H2,1-2H3,(H,19,23)(H,20,21,22). The normalized spacial score (nSPS) is 10.4. The fourth-order valence-electron chi connectivity index (χ4n) is 2.12. The number of anilines is 2. The number of nitrogens with one attached hydrogen (secondary N) is 2. The molecule has 0 bridgehead atoms. The number of benzene rings is 1. The van der Waals surface area contributed by atoms with E-state index in [0.717, 1.165) is 29.4 Å². The maximum absolute atomic E-state index is 12.2. The topological polar surface area (TPSA) is 66.9 Å². The van der Waals surface area contributed by atoms with E-state index in [1.807, 2.05) is 24.3 Å². The number of unbranched alkanes of at least 4 members (excludes halogenated alkanes) is 2. The number of carbonyl (C=O) groups excluding carboxylic acids is 1. The molecule has 0 aliphatic heterocycles. The van der Waals surface area contributed by atoms with E-state index < -0.39 is 0 Å². The predicted molar refractivity (Wildman–Crippen MR) is 96.1 cm³/mol. The van der Waals surface area contributed by atoms with Crippen molar-refractivity contribution in [2.75, 3.05) is 11.9 Å². The Morgan fingerprint density at radius 1 is 1.22 bits per heavy atom. The van der Waals surface area contributed by atoms with Crippen LogP contribution in [0.15, 0.2) is 34.8 Å². The first-order chi connectivity index (χ1) is 11.1. The van der Waals surface area contributed by atoms with Crippen LogP contribution in [0.25, 0.3) is 0 Å². The average molecular weight is 377 g/mol. The van der Waals surface area contributed by atoms with Crippen molar-refractivity contribution >= 4 is 33.3 Å². The summed E-state index contributed by atoms with van der Waals surface area (Å²) in [6.07, 6.45) is 3.22. The van der Waals surface area contributed by atoms with Crippen LogP contribution in [0.2, 0.25) is 0 Å². The van der Waals surface area contributed by atoms with Crippen molar-refractivity contribution in [3.63, 3.8) is 0 Å². The highest BCUT2D eigenvalue weighted by molar-refractivity contribution is 9.10. The largest absolute Gasteiger partial charge is 0.351 e. The first-order valence-electron chi connectivity index (χ1n) is 7.75. The van der Waals surface area contributed by atoms with E-state index in [-0.39, 0.29) is 5.91 Å². The Kier molecular flexibility index (Phi) is 6.52. The quantitative estimate of drug-likeness (QED) is 0.710. The zero-order chi connectivity index (χ0) is 16.7. The van der Waals surface area contributed by atoms with E-state index >= 15 is 0 Å². The van der Waals surface area contributed by atoms with Crippen molar-refractivity contribution in [1.29, 1.82) is 0 Å². The lowest BCUT2D eigenvalue weighted by atomic mass is 10.2. The van der Waals surface area contributed by atoms with Crippen molar-refractivity contribution < 1.29 is 4.79 Å². The summed E-state index contributed by atoms with van der Waals surface area (Å²) in [6, 6.07) is 9.42. The molecule has 1 aromatic heterocycles. The number of halogens is 1. The minimum Gasteiger partial charge on any atom is -0.351 e. The molecule has 1 aromatic carbocycles.